The van der Waals surface area contributed by atoms with Gasteiger partial charge in [0, 0.05) is 41.0 Å². The second kappa shape index (κ2) is 12.5. The Hall–Kier alpha value is -0.860. The van der Waals surface area contributed by atoms with Gasteiger partial charge < -0.3 is 20.1 Å². The van der Waals surface area contributed by atoms with Crippen LogP contribution in [-0.4, -0.2) is 40.4 Å². The summed E-state index contributed by atoms with van der Waals surface area (Å²) in [6.45, 7) is 3.15. The van der Waals surface area contributed by atoms with Crippen molar-refractivity contribution in [3.8, 4) is 0 Å². The molecule has 1 aromatic carbocycles. The number of nitrogens with zero attached hydrogens (tertiary/aromatic N) is 1. The first-order chi connectivity index (χ1) is 12.2. The topological polar surface area (TPSA) is 54.9 Å². The van der Waals surface area contributed by atoms with Crippen molar-refractivity contribution in [2.45, 2.75) is 45.3 Å². The van der Waals surface area contributed by atoms with E-state index in [0.29, 0.717) is 12.0 Å². The highest BCUT2D eigenvalue weighted by Crippen LogP contribution is 2.40. The van der Waals surface area contributed by atoms with Gasteiger partial charge in [-0.25, -0.2) is 0 Å². The minimum atomic E-state index is 0. The average Bonchev–Trinajstić information content (AvgIpc) is 3.11. The molecule has 1 aromatic rings. The van der Waals surface area contributed by atoms with Crippen LogP contribution < -0.4 is 10.6 Å². The standard InChI is InChI=1S/C20H33N3O2.HI/c1-21-19(22-14-17-8-4-5-9-18(17)15-25-3)23-16-20(12-13-24-2)10-6-7-11-20;/h4-5,8-9H,6-7,10-16H2,1-3H3,(H2,21,22,23);1H. The molecule has 1 aliphatic rings. The second-order valence-electron chi connectivity index (χ2n) is 6.93. The molecule has 0 saturated heterocycles. The van der Waals surface area contributed by atoms with Crippen molar-refractivity contribution in [1.29, 1.82) is 0 Å². The average molecular weight is 475 g/mol. The smallest absolute Gasteiger partial charge is 0.191 e. The summed E-state index contributed by atoms with van der Waals surface area (Å²) in [6, 6.07) is 8.34. The van der Waals surface area contributed by atoms with Crippen LogP contribution in [0.5, 0.6) is 0 Å². The van der Waals surface area contributed by atoms with Gasteiger partial charge in [-0.05, 0) is 35.8 Å². The molecule has 0 atom stereocenters. The molecule has 0 radical (unpaired) electrons. The van der Waals surface area contributed by atoms with Gasteiger partial charge in [0.25, 0.3) is 0 Å². The van der Waals surface area contributed by atoms with Crippen LogP contribution in [0.2, 0.25) is 0 Å². The molecule has 5 nitrogen and oxygen atoms in total. The lowest BCUT2D eigenvalue weighted by molar-refractivity contribution is 0.138. The van der Waals surface area contributed by atoms with E-state index in [1.54, 1.807) is 14.2 Å². The van der Waals surface area contributed by atoms with Crippen LogP contribution in [0.1, 0.15) is 43.2 Å². The summed E-state index contributed by atoms with van der Waals surface area (Å²) in [4.78, 5) is 4.38. The fraction of sp³-hybridized carbons (Fsp3) is 0.650. The van der Waals surface area contributed by atoms with Gasteiger partial charge in [-0.2, -0.15) is 0 Å². The lowest BCUT2D eigenvalue weighted by Crippen LogP contribution is -2.43. The molecule has 0 amide bonds. The molecule has 1 fully saturated rings. The van der Waals surface area contributed by atoms with Gasteiger partial charge in [-0.3, -0.25) is 4.99 Å². The van der Waals surface area contributed by atoms with E-state index in [1.165, 1.54) is 36.8 Å². The number of rotatable bonds is 9. The molecule has 1 saturated carbocycles. The summed E-state index contributed by atoms with van der Waals surface area (Å²) in [5, 5.41) is 6.97. The minimum Gasteiger partial charge on any atom is -0.385 e. The largest absolute Gasteiger partial charge is 0.385 e. The van der Waals surface area contributed by atoms with Crippen molar-refractivity contribution in [2.75, 3.05) is 34.4 Å². The van der Waals surface area contributed by atoms with Crippen molar-refractivity contribution in [3.05, 3.63) is 35.4 Å². The molecule has 2 N–H and O–H groups in total. The van der Waals surface area contributed by atoms with E-state index < -0.39 is 0 Å². The predicted octanol–water partition coefficient (Wildman–Crippen LogP) is 3.71. The molecule has 0 aliphatic heterocycles. The highest BCUT2D eigenvalue weighted by Gasteiger charge is 2.33. The highest BCUT2D eigenvalue weighted by atomic mass is 127. The van der Waals surface area contributed by atoms with Crippen LogP contribution in [0, 0.1) is 5.41 Å². The van der Waals surface area contributed by atoms with E-state index in [0.717, 1.165) is 32.1 Å². The predicted molar refractivity (Wildman–Crippen MR) is 118 cm³/mol. The Morgan fingerprint density at radius 3 is 2.38 bits per heavy atom. The molecule has 1 aliphatic carbocycles. The van der Waals surface area contributed by atoms with Crippen molar-refractivity contribution in [3.63, 3.8) is 0 Å². The summed E-state index contributed by atoms with van der Waals surface area (Å²) in [5.41, 5.74) is 2.80. The monoisotopic (exact) mass is 475 g/mol. The Morgan fingerprint density at radius 1 is 1.08 bits per heavy atom. The number of hydrogen-bond acceptors (Lipinski definition) is 3. The number of ether oxygens (including phenoxy) is 2. The molecule has 26 heavy (non-hydrogen) atoms. The third-order valence-electron chi connectivity index (χ3n) is 5.22. The van der Waals surface area contributed by atoms with E-state index in [9.17, 15) is 0 Å². The fourth-order valence-electron chi connectivity index (χ4n) is 3.66. The van der Waals surface area contributed by atoms with E-state index in [2.05, 4.69) is 33.8 Å². The summed E-state index contributed by atoms with van der Waals surface area (Å²) < 4.78 is 10.6. The van der Waals surface area contributed by atoms with Crippen molar-refractivity contribution in [2.24, 2.45) is 10.4 Å². The Labute approximate surface area is 175 Å². The molecule has 0 heterocycles. The van der Waals surface area contributed by atoms with Crippen LogP contribution in [0.4, 0.5) is 0 Å². The maximum atomic E-state index is 5.32. The van der Waals surface area contributed by atoms with E-state index in [4.69, 9.17) is 9.47 Å². The van der Waals surface area contributed by atoms with Crippen molar-refractivity contribution < 1.29 is 9.47 Å². The highest BCUT2D eigenvalue weighted by molar-refractivity contribution is 14.0. The molecule has 2 rings (SSSR count). The Kier molecular flexibility index (Phi) is 11.2. The van der Waals surface area contributed by atoms with E-state index in [1.807, 2.05) is 13.1 Å². The molecule has 148 valence electrons. The van der Waals surface area contributed by atoms with Gasteiger partial charge in [0.1, 0.15) is 0 Å². The zero-order valence-corrected chi connectivity index (χ0v) is 18.7. The number of hydrogen-bond donors (Lipinski definition) is 2. The molecule has 0 unspecified atom stereocenters. The number of methoxy groups -OCH3 is 2. The van der Waals surface area contributed by atoms with Gasteiger partial charge in [-0.15, -0.1) is 24.0 Å². The number of halogens is 1. The number of nitrogens with one attached hydrogen (secondary N) is 2. The zero-order chi connectivity index (χ0) is 18.0. The number of benzene rings is 1. The quantitative estimate of drug-likeness (QED) is 0.325. The van der Waals surface area contributed by atoms with Crippen molar-refractivity contribution >= 4 is 29.9 Å². The van der Waals surface area contributed by atoms with Crippen molar-refractivity contribution in [1.82, 2.24) is 10.6 Å². The first kappa shape index (κ1) is 23.2. The summed E-state index contributed by atoms with van der Waals surface area (Å²) >= 11 is 0. The Balaban J connectivity index is 0.00000338. The van der Waals surface area contributed by atoms with Gasteiger partial charge in [-0.1, -0.05) is 37.1 Å². The normalized spacial score (nSPS) is 16.2. The molecule has 0 spiro atoms. The number of aliphatic imine (C=N–C) groups is 1. The lowest BCUT2D eigenvalue weighted by Gasteiger charge is -2.30. The fourth-order valence-corrected chi connectivity index (χ4v) is 3.66. The van der Waals surface area contributed by atoms with Gasteiger partial charge in [0.15, 0.2) is 5.96 Å². The summed E-state index contributed by atoms with van der Waals surface area (Å²) in [6.07, 6.45) is 6.31. The Morgan fingerprint density at radius 2 is 1.77 bits per heavy atom. The first-order valence-corrected chi connectivity index (χ1v) is 9.22. The molecule has 0 bridgehead atoms. The third kappa shape index (κ3) is 7.04. The van der Waals surface area contributed by atoms with Crippen LogP contribution in [0.3, 0.4) is 0 Å². The second-order valence-corrected chi connectivity index (χ2v) is 6.93. The molecular formula is C20H34IN3O2. The van der Waals surface area contributed by atoms with Crippen LogP contribution in [0.15, 0.2) is 29.3 Å². The van der Waals surface area contributed by atoms with E-state index >= 15 is 0 Å². The Bertz CT molecular complexity index is 546. The molecule has 6 heteroatoms. The van der Waals surface area contributed by atoms with Crippen LogP contribution >= 0.6 is 24.0 Å². The maximum absolute atomic E-state index is 5.32. The molecule has 0 aromatic heterocycles. The van der Waals surface area contributed by atoms with Gasteiger partial charge in [0.2, 0.25) is 0 Å². The minimum absolute atomic E-state index is 0. The van der Waals surface area contributed by atoms with Gasteiger partial charge in [0.05, 0.1) is 6.61 Å². The lowest BCUT2D eigenvalue weighted by atomic mass is 9.83. The van der Waals surface area contributed by atoms with Crippen LogP contribution in [0.25, 0.3) is 0 Å². The maximum Gasteiger partial charge on any atom is 0.191 e. The summed E-state index contributed by atoms with van der Waals surface area (Å²) in [7, 11) is 5.34. The SMILES string of the molecule is CN=C(NCc1ccccc1COC)NCC1(CCOC)CCCC1.I. The van der Waals surface area contributed by atoms with Gasteiger partial charge >= 0.3 is 0 Å². The zero-order valence-electron chi connectivity index (χ0n) is 16.3. The first-order valence-electron chi connectivity index (χ1n) is 9.22. The third-order valence-corrected chi connectivity index (χ3v) is 5.22. The van der Waals surface area contributed by atoms with E-state index in [-0.39, 0.29) is 24.0 Å². The number of guanidine groups is 1. The summed E-state index contributed by atoms with van der Waals surface area (Å²) in [5.74, 6) is 0.857. The van der Waals surface area contributed by atoms with Crippen LogP contribution in [-0.2, 0) is 22.6 Å². The molecular weight excluding hydrogens is 441 g/mol.